The number of benzene rings is 1. The average molecular weight is 695 g/mol. The molecule has 6 N–H and O–H groups in total. The summed E-state index contributed by atoms with van der Waals surface area (Å²) >= 11 is 0. The lowest BCUT2D eigenvalue weighted by molar-refractivity contribution is -0.150. The lowest BCUT2D eigenvalue weighted by atomic mass is 9.72. The smallest absolute Gasteiger partial charge is 0.350 e. The molecule has 11 nitrogen and oxygen atoms in total. The minimum absolute atomic E-state index is 0.0317. The molecule has 0 radical (unpaired) electrons. The molecular weight excluding hydrogens is 644 g/mol. The Morgan fingerprint density at radius 2 is 2.00 bits per heavy atom. The molecule has 11 heteroatoms. The predicted molar refractivity (Wildman–Crippen MR) is 196 cm³/mol. The highest BCUT2D eigenvalue weighted by Gasteiger charge is 2.85. The number of fused-ring (bicyclic) bond motifs is 3. The second kappa shape index (κ2) is 13.9. The number of ketones is 2. The summed E-state index contributed by atoms with van der Waals surface area (Å²) in [6, 6.07) is 6.70. The number of allylic oxidation sites excluding steroid dienone is 3. The van der Waals surface area contributed by atoms with Gasteiger partial charge in [0, 0.05) is 49.6 Å². The van der Waals surface area contributed by atoms with Gasteiger partial charge in [-0.2, -0.15) is 0 Å². The first-order valence-electron chi connectivity index (χ1n) is 18.4. The quantitative estimate of drug-likeness (QED) is 0.106. The molecule has 1 aromatic carbocycles. The van der Waals surface area contributed by atoms with E-state index in [0.717, 1.165) is 56.3 Å². The standard InChI is InChI=1S/C40H50N6O5/c1-4-43-32-21-27-11-6-5-10-26(27)20-28(32)24-50-36(49)40-35(48)31-13-8-7-12-30(31)34(47)39(40,51-40)17-14-25(2)23-38(29-15-19-44-33(41)22-29)16-9-18-45-37(42-3)46-38/h6-8,11-15,21-22,26,28,32,43-44H,4-5,9-10,16-20,23-24,41H2,1-3H3,(H2,42,45,46). The number of ether oxygens (including phenoxy) is 2. The van der Waals surface area contributed by atoms with Crippen LogP contribution in [0.2, 0.25) is 0 Å². The van der Waals surface area contributed by atoms with Crippen LogP contribution in [0.5, 0.6) is 0 Å². The predicted octanol–water partition coefficient (Wildman–Crippen LogP) is 3.76. The summed E-state index contributed by atoms with van der Waals surface area (Å²) < 4.78 is 12.3. The lowest BCUT2D eigenvalue weighted by Gasteiger charge is -2.37. The molecule has 2 fully saturated rings. The van der Waals surface area contributed by atoms with Crippen molar-refractivity contribution in [3.63, 3.8) is 0 Å². The van der Waals surface area contributed by atoms with Crippen LogP contribution in [0, 0.1) is 11.8 Å². The van der Waals surface area contributed by atoms with Crippen LogP contribution in [0.1, 0.15) is 79.5 Å². The number of guanidine groups is 1. The number of carbonyl (C=O) groups excluding carboxylic acids is 3. The number of rotatable bonds is 10. The number of carbonyl (C=O) groups is 3. The van der Waals surface area contributed by atoms with Gasteiger partial charge < -0.3 is 36.5 Å². The molecule has 0 spiro atoms. The monoisotopic (exact) mass is 694 g/mol. The summed E-state index contributed by atoms with van der Waals surface area (Å²) in [5.41, 5.74) is 5.83. The fourth-order valence-electron chi connectivity index (χ4n) is 8.85. The van der Waals surface area contributed by atoms with E-state index in [9.17, 15) is 14.4 Å². The van der Waals surface area contributed by atoms with Crippen molar-refractivity contribution < 1.29 is 23.9 Å². The summed E-state index contributed by atoms with van der Waals surface area (Å²) in [6.07, 6.45) is 18.0. The molecule has 51 heavy (non-hydrogen) atoms. The van der Waals surface area contributed by atoms with Crippen LogP contribution in [0.15, 0.2) is 88.3 Å². The van der Waals surface area contributed by atoms with Gasteiger partial charge in [-0.15, -0.1) is 0 Å². The van der Waals surface area contributed by atoms with Gasteiger partial charge >= 0.3 is 5.97 Å². The van der Waals surface area contributed by atoms with Crippen LogP contribution >= 0.6 is 0 Å². The first-order valence-corrected chi connectivity index (χ1v) is 18.4. The number of hydrogen-bond donors (Lipinski definition) is 5. The lowest BCUT2D eigenvalue weighted by Crippen LogP contribution is -2.52. The fourth-order valence-corrected chi connectivity index (χ4v) is 8.85. The molecule has 7 rings (SSSR count). The van der Waals surface area contributed by atoms with Gasteiger partial charge in [0.15, 0.2) is 17.3 Å². The van der Waals surface area contributed by atoms with Gasteiger partial charge in [-0.05, 0) is 75.1 Å². The zero-order valence-corrected chi connectivity index (χ0v) is 29.8. The molecule has 270 valence electrons. The maximum atomic E-state index is 14.3. The summed E-state index contributed by atoms with van der Waals surface area (Å²) in [4.78, 5) is 47.2. The van der Waals surface area contributed by atoms with Crippen LogP contribution in [0.25, 0.3) is 0 Å². The molecule has 1 aromatic rings. The van der Waals surface area contributed by atoms with Crippen molar-refractivity contribution in [1.82, 2.24) is 21.3 Å². The molecule has 0 saturated carbocycles. The van der Waals surface area contributed by atoms with Crippen molar-refractivity contribution in [2.24, 2.45) is 22.6 Å². The number of hydrogen-bond acceptors (Lipinski definition) is 9. The van der Waals surface area contributed by atoms with Crippen molar-refractivity contribution >= 4 is 23.5 Å². The first kappa shape index (κ1) is 34.9. The SMILES string of the molecule is CCNC1C=C2C=CCCC2CC1COC(=O)C12OC1(CC=C(C)CC1(C3=CCNC(N)=C3)CCCNC(=NC)N1)C(=O)c1ccccc1C2=O. The van der Waals surface area contributed by atoms with E-state index in [1.807, 2.05) is 19.1 Å². The third-order valence-electron chi connectivity index (χ3n) is 11.5. The highest BCUT2D eigenvalue weighted by molar-refractivity contribution is 6.32. The number of likely N-dealkylation sites (N-methyl/N-ethyl adjacent to an activating group) is 1. The van der Waals surface area contributed by atoms with Crippen LogP contribution in [-0.4, -0.2) is 79.6 Å². The van der Waals surface area contributed by atoms with E-state index < -0.39 is 28.5 Å². The number of nitrogens with zero attached hydrogens (tertiary/aromatic N) is 1. The molecule has 0 amide bonds. The number of esters is 1. The molecule has 3 aliphatic heterocycles. The summed E-state index contributed by atoms with van der Waals surface area (Å²) in [5, 5.41) is 13.7. The van der Waals surface area contributed by atoms with E-state index in [4.69, 9.17) is 15.2 Å². The van der Waals surface area contributed by atoms with Crippen molar-refractivity contribution in [2.75, 3.05) is 33.3 Å². The van der Waals surface area contributed by atoms with E-state index >= 15 is 0 Å². The molecule has 0 aromatic heterocycles. The Morgan fingerprint density at radius 1 is 1.20 bits per heavy atom. The Kier molecular flexibility index (Phi) is 9.54. The minimum atomic E-state index is -2.02. The molecule has 0 bridgehead atoms. The molecule has 6 aliphatic rings. The van der Waals surface area contributed by atoms with E-state index in [2.05, 4.69) is 57.5 Å². The Hall–Kier alpha value is -4.48. The highest BCUT2D eigenvalue weighted by atomic mass is 16.7. The number of nitrogens with two attached hydrogens (primary N) is 1. The largest absolute Gasteiger partial charge is 0.463 e. The Morgan fingerprint density at radius 3 is 2.76 bits per heavy atom. The van der Waals surface area contributed by atoms with Crippen LogP contribution < -0.4 is 27.0 Å². The van der Waals surface area contributed by atoms with Gasteiger partial charge in [-0.3, -0.25) is 14.6 Å². The van der Waals surface area contributed by atoms with Crippen molar-refractivity contribution in [1.29, 1.82) is 0 Å². The number of nitrogens with one attached hydrogen (secondary N) is 4. The Labute approximate surface area is 300 Å². The van der Waals surface area contributed by atoms with Gasteiger partial charge in [-0.1, -0.05) is 67.1 Å². The molecule has 3 heterocycles. The Bertz CT molecular complexity index is 1790. The van der Waals surface area contributed by atoms with Crippen molar-refractivity contribution in [3.05, 3.63) is 94.4 Å². The topological polar surface area (TPSA) is 159 Å². The summed E-state index contributed by atoms with van der Waals surface area (Å²) in [5.74, 6) is 0.0672. The van der Waals surface area contributed by atoms with E-state index in [-0.39, 0.29) is 41.9 Å². The maximum absolute atomic E-state index is 14.3. The van der Waals surface area contributed by atoms with Crippen molar-refractivity contribution in [2.45, 2.75) is 81.6 Å². The zero-order valence-electron chi connectivity index (χ0n) is 29.8. The van der Waals surface area contributed by atoms with Gasteiger partial charge in [-0.25, -0.2) is 4.79 Å². The second-order valence-electron chi connectivity index (χ2n) is 14.7. The van der Waals surface area contributed by atoms with Crippen LogP contribution in [0.3, 0.4) is 0 Å². The van der Waals surface area contributed by atoms with Gasteiger partial charge in [0.2, 0.25) is 5.78 Å². The number of epoxide rings is 1. The molecule has 6 atom stereocenters. The maximum Gasteiger partial charge on any atom is 0.350 e. The van der Waals surface area contributed by atoms with Crippen LogP contribution in [0.4, 0.5) is 0 Å². The van der Waals surface area contributed by atoms with Gasteiger partial charge in [0.1, 0.15) is 0 Å². The minimum Gasteiger partial charge on any atom is -0.463 e. The molecule has 6 unspecified atom stereocenters. The summed E-state index contributed by atoms with van der Waals surface area (Å²) in [6.45, 7) is 6.36. The highest BCUT2D eigenvalue weighted by Crippen LogP contribution is 2.58. The van der Waals surface area contributed by atoms with Crippen LogP contribution in [-0.2, 0) is 14.3 Å². The normalized spacial score (nSPS) is 33.5. The number of Topliss-reactive ketones (excluding diaryl/α,β-unsaturated/α-hetero) is 2. The van der Waals surface area contributed by atoms with Gasteiger partial charge in [0.05, 0.1) is 18.0 Å². The van der Waals surface area contributed by atoms with Crippen molar-refractivity contribution in [3.8, 4) is 0 Å². The third kappa shape index (κ3) is 6.14. The fraction of sp³-hybridized carbons (Fsp3) is 0.500. The molecule has 3 aliphatic carbocycles. The average Bonchev–Trinajstić information content (AvgIpc) is 3.89. The van der Waals surface area contributed by atoms with E-state index in [0.29, 0.717) is 30.7 Å². The Balaban J connectivity index is 1.16. The zero-order chi connectivity index (χ0) is 35.8. The third-order valence-corrected chi connectivity index (χ3v) is 11.5. The molecule has 2 saturated heterocycles. The summed E-state index contributed by atoms with van der Waals surface area (Å²) in [7, 11) is 1.75. The number of dihydropyridines is 1. The second-order valence-corrected chi connectivity index (χ2v) is 14.7. The van der Waals surface area contributed by atoms with E-state index in [1.54, 1.807) is 31.3 Å². The first-order chi connectivity index (χ1) is 24.7. The van der Waals surface area contributed by atoms with E-state index in [1.165, 1.54) is 5.57 Å². The number of aliphatic imine (C=N–C) groups is 1. The van der Waals surface area contributed by atoms with Gasteiger partial charge in [0.25, 0.3) is 5.60 Å². The molecular formula is C40H50N6O5.